The van der Waals surface area contributed by atoms with E-state index in [1.54, 1.807) is 30.3 Å². The van der Waals surface area contributed by atoms with Crippen LogP contribution >= 0.6 is 11.6 Å². The average molecular weight is 351 g/mol. The molecule has 0 aliphatic heterocycles. The van der Waals surface area contributed by atoms with Gasteiger partial charge in [0.05, 0.1) is 5.02 Å². The molecular weight excluding hydrogens is 331 g/mol. The number of rotatable bonds is 5. The molecule has 0 aromatic heterocycles. The zero-order valence-electron chi connectivity index (χ0n) is 13.8. The second-order valence-electron chi connectivity index (χ2n) is 5.55. The van der Waals surface area contributed by atoms with Gasteiger partial charge < -0.3 is 15.8 Å². The quantitative estimate of drug-likeness (QED) is 0.802. The Balaban J connectivity index is 2.34. The van der Waals surface area contributed by atoms with Gasteiger partial charge in [-0.1, -0.05) is 24.6 Å². The fourth-order valence-corrected chi connectivity index (χ4v) is 2.48. The smallest absolute Gasteiger partial charge is 0.221 e. The molecule has 2 aromatic rings. The predicted molar refractivity (Wildman–Crippen MR) is 94.2 cm³/mol. The summed E-state index contributed by atoms with van der Waals surface area (Å²) in [6.07, 6.45) is 0.600. The van der Waals surface area contributed by atoms with Crippen LogP contribution in [0.15, 0.2) is 30.3 Å². The summed E-state index contributed by atoms with van der Waals surface area (Å²) >= 11 is 6.08. The highest BCUT2D eigenvalue weighted by Crippen LogP contribution is 2.36. The Morgan fingerprint density at radius 2 is 2.08 bits per heavy atom. The van der Waals surface area contributed by atoms with Crippen LogP contribution in [0.25, 0.3) is 0 Å². The Kier molecular flexibility index (Phi) is 5.80. The summed E-state index contributed by atoms with van der Waals surface area (Å²) in [5, 5.41) is 2.88. The first-order valence-corrected chi connectivity index (χ1v) is 8.00. The van der Waals surface area contributed by atoms with Gasteiger partial charge in [-0.05, 0) is 43.2 Å². The third kappa shape index (κ3) is 4.04. The molecule has 128 valence electrons. The maximum atomic E-state index is 14.7. The molecule has 0 spiro atoms. The largest absolute Gasteiger partial charge is 0.453 e. The van der Waals surface area contributed by atoms with Crippen molar-refractivity contribution in [1.29, 1.82) is 0 Å². The van der Waals surface area contributed by atoms with Gasteiger partial charge in [0.15, 0.2) is 11.6 Å². The fraction of sp³-hybridized carbons (Fsp3) is 0.278. The first-order chi connectivity index (χ1) is 11.3. The van der Waals surface area contributed by atoms with Crippen molar-refractivity contribution in [2.24, 2.45) is 5.73 Å². The maximum absolute atomic E-state index is 14.7. The molecule has 0 saturated carbocycles. The standard InChI is InChI=1S/C18H20ClFN2O2/c1-4-15(21)13-6-7-14(19)18(17(13)20)24-12-5-8-16(10(2)9-12)22-11(3)23/h5-9,15H,4,21H2,1-3H3,(H,22,23). The topological polar surface area (TPSA) is 64.3 Å². The lowest BCUT2D eigenvalue weighted by molar-refractivity contribution is -0.114. The summed E-state index contributed by atoms with van der Waals surface area (Å²) in [5.41, 5.74) is 7.75. The van der Waals surface area contributed by atoms with Crippen LogP contribution in [-0.4, -0.2) is 5.91 Å². The average Bonchev–Trinajstić information content (AvgIpc) is 2.53. The van der Waals surface area contributed by atoms with Crippen LogP contribution in [-0.2, 0) is 4.79 Å². The van der Waals surface area contributed by atoms with E-state index in [2.05, 4.69) is 5.32 Å². The van der Waals surface area contributed by atoms with Gasteiger partial charge in [0.2, 0.25) is 5.91 Å². The zero-order chi connectivity index (χ0) is 17.9. The van der Waals surface area contributed by atoms with Gasteiger partial charge >= 0.3 is 0 Å². The lowest BCUT2D eigenvalue weighted by Gasteiger charge is -2.16. The van der Waals surface area contributed by atoms with E-state index in [4.69, 9.17) is 22.1 Å². The van der Waals surface area contributed by atoms with E-state index < -0.39 is 11.9 Å². The van der Waals surface area contributed by atoms with Gasteiger partial charge in [0, 0.05) is 24.2 Å². The Hall–Kier alpha value is -2.11. The summed E-state index contributed by atoms with van der Waals surface area (Å²) in [6.45, 7) is 5.13. The Labute approximate surface area is 145 Å². The second-order valence-corrected chi connectivity index (χ2v) is 5.96. The molecular formula is C18H20ClFN2O2. The molecule has 0 saturated heterocycles. The van der Waals surface area contributed by atoms with Gasteiger partial charge in [-0.2, -0.15) is 0 Å². The summed E-state index contributed by atoms with van der Waals surface area (Å²) in [4.78, 5) is 11.1. The van der Waals surface area contributed by atoms with E-state index in [0.29, 0.717) is 23.4 Å². The molecule has 6 heteroatoms. The van der Waals surface area contributed by atoms with E-state index >= 15 is 0 Å². The molecule has 24 heavy (non-hydrogen) atoms. The molecule has 3 N–H and O–H groups in total. The van der Waals surface area contributed by atoms with Crippen LogP contribution in [0.4, 0.5) is 10.1 Å². The Morgan fingerprint density at radius 3 is 2.67 bits per heavy atom. The number of aryl methyl sites for hydroxylation is 1. The number of carbonyl (C=O) groups excluding carboxylic acids is 1. The zero-order valence-corrected chi connectivity index (χ0v) is 14.6. The molecule has 4 nitrogen and oxygen atoms in total. The number of halogens is 2. The number of nitrogens with one attached hydrogen (secondary N) is 1. The molecule has 0 heterocycles. The number of anilines is 1. The number of ether oxygens (including phenoxy) is 1. The molecule has 0 fully saturated rings. The number of amides is 1. The van der Waals surface area contributed by atoms with Crippen LogP contribution in [0.3, 0.4) is 0 Å². The highest BCUT2D eigenvalue weighted by molar-refractivity contribution is 6.32. The molecule has 2 rings (SSSR count). The van der Waals surface area contributed by atoms with Crippen molar-refractivity contribution < 1.29 is 13.9 Å². The van der Waals surface area contributed by atoms with Crippen LogP contribution in [0.1, 0.15) is 37.4 Å². The first kappa shape index (κ1) is 18.2. The van der Waals surface area contributed by atoms with E-state index in [1.807, 2.05) is 13.8 Å². The number of benzene rings is 2. The highest BCUT2D eigenvalue weighted by Gasteiger charge is 2.18. The summed E-state index contributed by atoms with van der Waals surface area (Å²) in [6, 6.07) is 7.76. The molecule has 0 bridgehead atoms. The monoisotopic (exact) mass is 350 g/mol. The van der Waals surface area contributed by atoms with E-state index in [9.17, 15) is 9.18 Å². The molecule has 0 aliphatic carbocycles. The molecule has 0 aliphatic rings. The second kappa shape index (κ2) is 7.64. The van der Waals surface area contributed by atoms with Crippen LogP contribution in [0.5, 0.6) is 11.5 Å². The lowest BCUT2D eigenvalue weighted by Crippen LogP contribution is -2.11. The van der Waals surface area contributed by atoms with E-state index in [-0.39, 0.29) is 16.7 Å². The first-order valence-electron chi connectivity index (χ1n) is 7.63. The molecule has 1 amide bonds. The van der Waals surface area contributed by atoms with Crippen LogP contribution < -0.4 is 15.8 Å². The highest BCUT2D eigenvalue weighted by atomic mass is 35.5. The number of hydrogen-bond acceptors (Lipinski definition) is 3. The van der Waals surface area contributed by atoms with Gasteiger partial charge in [0.1, 0.15) is 5.75 Å². The minimum Gasteiger partial charge on any atom is -0.453 e. The Bertz CT molecular complexity index is 765. The molecule has 1 atom stereocenters. The summed E-state index contributed by atoms with van der Waals surface area (Å²) in [7, 11) is 0. The normalized spacial score (nSPS) is 11.9. The SMILES string of the molecule is CCC(N)c1ccc(Cl)c(Oc2ccc(NC(C)=O)c(C)c2)c1F. The maximum Gasteiger partial charge on any atom is 0.221 e. The number of nitrogens with two attached hydrogens (primary N) is 1. The molecule has 2 aromatic carbocycles. The molecule has 1 unspecified atom stereocenters. The van der Waals surface area contributed by atoms with Crippen molar-refractivity contribution in [3.05, 3.63) is 52.3 Å². The number of carbonyl (C=O) groups is 1. The van der Waals surface area contributed by atoms with Gasteiger partial charge in [0.25, 0.3) is 0 Å². The third-order valence-electron chi connectivity index (χ3n) is 3.65. The minimum atomic E-state index is -0.555. The summed E-state index contributed by atoms with van der Waals surface area (Å²) < 4.78 is 20.3. The van der Waals surface area contributed by atoms with Crippen molar-refractivity contribution in [1.82, 2.24) is 0 Å². The van der Waals surface area contributed by atoms with Crippen LogP contribution in [0, 0.1) is 12.7 Å². The van der Waals surface area contributed by atoms with Crippen molar-refractivity contribution >= 4 is 23.2 Å². The van der Waals surface area contributed by atoms with Gasteiger partial charge in [-0.15, -0.1) is 0 Å². The van der Waals surface area contributed by atoms with Crippen molar-refractivity contribution in [3.8, 4) is 11.5 Å². The molecule has 0 radical (unpaired) electrons. The van der Waals surface area contributed by atoms with Gasteiger partial charge in [-0.25, -0.2) is 4.39 Å². The lowest BCUT2D eigenvalue weighted by atomic mass is 10.0. The minimum absolute atomic E-state index is 0.0512. The number of hydrogen-bond donors (Lipinski definition) is 2. The summed E-state index contributed by atoms with van der Waals surface area (Å²) in [5.74, 6) is -0.350. The van der Waals surface area contributed by atoms with Crippen LogP contribution in [0.2, 0.25) is 5.02 Å². The predicted octanol–water partition coefficient (Wildman–Crippen LogP) is 4.95. The third-order valence-corrected chi connectivity index (χ3v) is 3.94. The van der Waals surface area contributed by atoms with Crippen molar-refractivity contribution in [2.45, 2.75) is 33.2 Å². The fourth-order valence-electron chi connectivity index (χ4n) is 2.29. The van der Waals surface area contributed by atoms with E-state index in [0.717, 1.165) is 5.56 Å². The van der Waals surface area contributed by atoms with Gasteiger partial charge in [-0.3, -0.25) is 4.79 Å². The van der Waals surface area contributed by atoms with Crippen molar-refractivity contribution in [3.63, 3.8) is 0 Å². The van der Waals surface area contributed by atoms with Crippen molar-refractivity contribution in [2.75, 3.05) is 5.32 Å². The van der Waals surface area contributed by atoms with E-state index in [1.165, 1.54) is 6.92 Å². The Morgan fingerprint density at radius 1 is 1.38 bits per heavy atom.